The first-order valence-electron chi connectivity index (χ1n) is 5.00. The Kier molecular flexibility index (Phi) is 4.36. The monoisotopic (exact) mass is 329 g/mol. The third-order valence-electron chi connectivity index (χ3n) is 1.94. The van der Waals surface area contributed by atoms with E-state index in [0.717, 1.165) is 26.9 Å². The SMILES string of the molecule is CCc1nc(Br)cc(Sc2ccc(Cl)cn2)n1. The predicted octanol–water partition coefficient (Wildman–Crippen LogP) is 4.00. The Morgan fingerprint density at radius 2 is 2.12 bits per heavy atom. The molecule has 0 fully saturated rings. The van der Waals surface area contributed by atoms with Gasteiger partial charge in [-0.15, -0.1) is 0 Å². The van der Waals surface area contributed by atoms with Crippen LogP contribution in [0.1, 0.15) is 12.7 Å². The van der Waals surface area contributed by atoms with Gasteiger partial charge in [0.05, 0.1) is 5.02 Å². The fourth-order valence-electron chi connectivity index (χ4n) is 1.18. The van der Waals surface area contributed by atoms with Crippen LogP contribution >= 0.6 is 39.3 Å². The van der Waals surface area contributed by atoms with E-state index in [2.05, 4.69) is 30.9 Å². The molecule has 17 heavy (non-hydrogen) atoms. The van der Waals surface area contributed by atoms with Crippen molar-refractivity contribution < 1.29 is 0 Å². The van der Waals surface area contributed by atoms with Crippen molar-refractivity contribution in [1.82, 2.24) is 15.0 Å². The van der Waals surface area contributed by atoms with Crippen LogP contribution in [0.4, 0.5) is 0 Å². The normalized spacial score (nSPS) is 10.5. The molecule has 0 aliphatic heterocycles. The molecule has 2 rings (SSSR count). The summed E-state index contributed by atoms with van der Waals surface area (Å²) in [4.78, 5) is 12.9. The number of nitrogens with zero attached hydrogens (tertiary/aromatic N) is 3. The van der Waals surface area contributed by atoms with Gasteiger partial charge in [-0.25, -0.2) is 15.0 Å². The predicted molar refractivity (Wildman–Crippen MR) is 72.5 cm³/mol. The van der Waals surface area contributed by atoms with Crippen LogP contribution in [0, 0.1) is 0 Å². The zero-order valence-electron chi connectivity index (χ0n) is 9.02. The number of hydrogen-bond acceptors (Lipinski definition) is 4. The van der Waals surface area contributed by atoms with Gasteiger partial charge < -0.3 is 0 Å². The summed E-state index contributed by atoms with van der Waals surface area (Å²) in [5, 5.41) is 2.37. The highest BCUT2D eigenvalue weighted by Gasteiger charge is 2.04. The maximum Gasteiger partial charge on any atom is 0.130 e. The molecular formula is C11H9BrClN3S. The molecule has 0 aliphatic carbocycles. The lowest BCUT2D eigenvalue weighted by molar-refractivity contribution is 0.876. The standard InChI is InChI=1S/C11H9BrClN3S/c1-2-9-15-8(12)5-11(16-9)17-10-4-3-7(13)6-14-10/h3-6H,2H2,1H3. The number of pyridine rings is 1. The van der Waals surface area contributed by atoms with Crippen molar-refractivity contribution in [3.05, 3.63) is 39.8 Å². The van der Waals surface area contributed by atoms with E-state index in [1.165, 1.54) is 11.8 Å². The zero-order valence-corrected chi connectivity index (χ0v) is 12.2. The molecule has 3 nitrogen and oxygen atoms in total. The average Bonchev–Trinajstić information content (AvgIpc) is 2.31. The molecule has 0 aliphatic rings. The average molecular weight is 331 g/mol. The van der Waals surface area contributed by atoms with E-state index in [0.29, 0.717) is 5.02 Å². The second kappa shape index (κ2) is 5.80. The lowest BCUT2D eigenvalue weighted by atomic mass is 10.4. The molecule has 0 radical (unpaired) electrons. The number of aromatic nitrogens is 3. The number of rotatable bonds is 3. The van der Waals surface area contributed by atoms with Gasteiger partial charge in [-0.05, 0) is 39.8 Å². The molecule has 0 aromatic carbocycles. The Morgan fingerprint density at radius 1 is 1.29 bits per heavy atom. The first-order chi connectivity index (χ1) is 8.17. The minimum Gasteiger partial charge on any atom is -0.248 e. The minimum atomic E-state index is 0.632. The highest BCUT2D eigenvalue weighted by atomic mass is 79.9. The van der Waals surface area contributed by atoms with E-state index < -0.39 is 0 Å². The third-order valence-corrected chi connectivity index (χ3v) is 3.44. The molecule has 6 heteroatoms. The van der Waals surface area contributed by atoms with Crippen molar-refractivity contribution >= 4 is 39.3 Å². The molecule has 2 heterocycles. The van der Waals surface area contributed by atoms with Crippen LogP contribution in [0.15, 0.2) is 39.1 Å². The molecule has 0 saturated carbocycles. The van der Waals surface area contributed by atoms with Crippen LogP contribution in [-0.4, -0.2) is 15.0 Å². The molecule has 0 bridgehead atoms. The van der Waals surface area contributed by atoms with Crippen LogP contribution < -0.4 is 0 Å². The molecule has 0 N–H and O–H groups in total. The maximum absolute atomic E-state index is 5.78. The first kappa shape index (κ1) is 12.8. The van der Waals surface area contributed by atoms with Gasteiger partial charge in [-0.3, -0.25) is 0 Å². The van der Waals surface area contributed by atoms with Gasteiger partial charge >= 0.3 is 0 Å². The number of aryl methyl sites for hydroxylation is 1. The van der Waals surface area contributed by atoms with Crippen LogP contribution in [-0.2, 0) is 6.42 Å². The van der Waals surface area contributed by atoms with Gasteiger partial charge in [0.2, 0.25) is 0 Å². The maximum atomic E-state index is 5.78. The van der Waals surface area contributed by atoms with E-state index in [1.54, 1.807) is 6.20 Å². The van der Waals surface area contributed by atoms with E-state index in [1.807, 2.05) is 25.1 Å². The quantitative estimate of drug-likeness (QED) is 0.797. The van der Waals surface area contributed by atoms with Gasteiger partial charge in [0, 0.05) is 18.7 Å². The summed E-state index contributed by atoms with van der Waals surface area (Å²) in [5.41, 5.74) is 0. The largest absolute Gasteiger partial charge is 0.248 e. The lowest BCUT2D eigenvalue weighted by Gasteiger charge is -2.03. The van der Waals surface area contributed by atoms with E-state index >= 15 is 0 Å². The van der Waals surface area contributed by atoms with E-state index in [9.17, 15) is 0 Å². The van der Waals surface area contributed by atoms with Crippen molar-refractivity contribution in [2.45, 2.75) is 23.4 Å². The Bertz CT molecular complexity index is 519. The molecule has 88 valence electrons. The van der Waals surface area contributed by atoms with Crippen molar-refractivity contribution in [2.75, 3.05) is 0 Å². The second-order valence-electron chi connectivity index (χ2n) is 3.22. The van der Waals surface area contributed by atoms with Crippen LogP contribution in [0.5, 0.6) is 0 Å². The molecule has 0 spiro atoms. The summed E-state index contributed by atoms with van der Waals surface area (Å²) in [6.45, 7) is 2.02. The summed E-state index contributed by atoms with van der Waals surface area (Å²) >= 11 is 10.6. The Labute approximate surface area is 117 Å². The Morgan fingerprint density at radius 3 is 2.76 bits per heavy atom. The first-order valence-corrected chi connectivity index (χ1v) is 6.99. The number of halogens is 2. The van der Waals surface area contributed by atoms with Crippen LogP contribution in [0.25, 0.3) is 0 Å². The van der Waals surface area contributed by atoms with E-state index in [4.69, 9.17) is 11.6 Å². The topological polar surface area (TPSA) is 38.7 Å². The smallest absolute Gasteiger partial charge is 0.130 e. The van der Waals surface area contributed by atoms with Gasteiger partial charge in [-0.1, -0.05) is 18.5 Å². The summed E-state index contributed by atoms with van der Waals surface area (Å²) < 4.78 is 0.792. The summed E-state index contributed by atoms with van der Waals surface area (Å²) in [6, 6.07) is 5.56. The summed E-state index contributed by atoms with van der Waals surface area (Å²) in [7, 11) is 0. The molecule has 2 aromatic rings. The van der Waals surface area contributed by atoms with Crippen molar-refractivity contribution in [1.29, 1.82) is 0 Å². The zero-order chi connectivity index (χ0) is 12.3. The van der Waals surface area contributed by atoms with Crippen LogP contribution in [0.2, 0.25) is 5.02 Å². The second-order valence-corrected chi connectivity index (χ2v) is 5.50. The molecular weight excluding hydrogens is 322 g/mol. The highest BCUT2D eigenvalue weighted by Crippen LogP contribution is 2.26. The van der Waals surface area contributed by atoms with Crippen LogP contribution in [0.3, 0.4) is 0 Å². The molecule has 0 saturated heterocycles. The molecule has 0 unspecified atom stereocenters. The van der Waals surface area contributed by atoms with Gasteiger partial charge in [0.25, 0.3) is 0 Å². The van der Waals surface area contributed by atoms with Gasteiger partial charge in [-0.2, -0.15) is 0 Å². The highest BCUT2D eigenvalue weighted by molar-refractivity contribution is 9.10. The molecule has 2 aromatic heterocycles. The molecule has 0 amide bonds. The van der Waals surface area contributed by atoms with Gasteiger partial charge in [0.1, 0.15) is 20.5 Å². The lowest BCUT2D eigenvalue weighted by Crippen LogP contribution is -1.94. The van der Waals surface area contributed by atoms with Crippen molar-refractivity contribution in [2.24, 2.45) is 0 Å². The van der Waals surface area contributed by atoms with E-state index in [-0.39, 0.29) is 0 Å². The fourth-order valence-corrected chi connectivity index (χ4v) is 2.64. The Balaban J connectivity index is 2.23. The van der Waals surface area contributed by atoms with Gasteiger partial charge in [0.15, 0.2) is 0 Å². The molecule has 0 atom stereocenters. The number of hydrogen-bond donors (Lipinski definition) is 0. The Hall–Kier alpha value is -0.650. The fraction of sp³-hybridized carbons (Fsp3) is 0.182. The van der Waals surface area contributed by atoms with Crippen molar-refractivity contribution in [3.63, 3.8) is 0 Å². The summed E-state index contributed by atoms with van der Waals surface area (Å²) in [5.74, 6) is 0.816. The third kappa shape index (κ3) is 3.66. The minimum absolute atomic E-state index is 0.632. The van der Waals surface area contributed by atoms with Crippen molar-refractivity contribution in [3.8, 4) is 0 Å². The summed E-state index contributed by atoms with van der Waals surface area (Å²) in [6.07, 6.45) is 2.43.